The fourth-order valence-corrected chi connectivity index (χ4v) is 4.04. The van der Waals surface area contributed by atoms with Crippen LogP contribution >= 0.6 is 0 Å². The van der Waals surface area contributed by atoms with Gasteiger partial charge < -0.3 is 19.9 Å². The topological polar surface area (TPSA) is 78.4 Å². The number of ether oxygens (including phenoxy) is 1. The van der Waals surface area contributed by atoms with E-state index in [0.717, 1.165) is 65.9 Å². The molecule has 1 aliphatic heterocycles. The van der Waals surface area contributed by atoms with E-state index in [4.69, 9.17) is 20.3 Å². The lowest BCUT2D eigenvalue weighted by molar-refractivity contribution is -0.113. The third kappa shape index (κ3) is 3.93. The van der Waals surface area contributed by atoms with Gasteiger partial charge in [-0.05, 0) is 38.8 Å². The Balaban J connectivity index is 1.59. The van der Waals surface area contributed by atoms with Crippen molar-refractivity contribution in [3.8, 4) is 0 Å². The number of nitrogen functional groups attached to an aromatic ring is 1. The second-order valence-electron chi connectivity index (χ2n) is 7.59. The molecule has 0 fully saturated rings. The highest BCUT2D eigenvalue weighted by Crippen LogP contribution is 2.29. The first-order valence-electron chi connectivity index (χ1n) is 10.2. The van der Waals surface area contributed by atoms with Crippen molar-refractivity contribution in [2.75, 3.05) is 26.0 Å². The van der Waals surface area contributed by atoms with Crippen LogP contribution in [-0.2, 0) is 22.5 Å². The maximum absolute atomic E-state index is 6.25. The van der Waals surface area contributed by atoms with Crippen molar-refractivity contribution in [2.45, 2.75) is 45.7 Å². The first kappa shape index (κ1) is 19.7. The molecule has 0 radical (unpaired) electrons. The highest BCUT2D eigenvalue weighted by Gasteiger charge is 2.21. The van der Waals surface area contributed by atoms with Crippen LogP contribution in [0.15, 0.2) is 36.1 Å². The number of hydrogen-bond acceptors (Lipinski definition) is 6. The lowest BCUT2D eigenvalue weighted by Gasteiger charge is -2.20. The Bertz CT molecular complexity index is 1040. The third-order valence-corrected chi connectivity index (χ3v) is 5.42. The van der Waals surface area contributed by atoms with Gasteiger partial charge in [0.05, 0.1) is 23.7 Å². The molecule has 2 N–H and O–H groups in total. The molecule has 0 aliphatic carbocycles. The number of unbranched alkanes of at least 4 members (excludes halogenated alkanes) is 1. The average molecular weight is 396 g/mol. The molecule has 1 aromatic carbocycles. The van der Waals surface area contributed by atoms with Gasteiger partial charge in [0.1, 0.15) is 17.1 Å². The number of rotatable bonds is 8. The van der Waals surface area contributed by atoms with Crippen LogP contribution in [0.25, 0.3) is 21.9 Å². The standard InChI is InChI=1S/C22H29N5O2/c1-15-14-16(2)29-27(15)12-7-6-11-26-19(10-13-28-3)25-20-21(26)17-8-4-5-9-18(17)24-22(20)23/h4-5,8-9,14-15H,6-7,10-13H2,1-3H3,(H2,23,24). The maximum atomic E-state index is 6.25. The molecule has 0 spiro atoms. The number of benzene rings is 1. The number of imidazole rings is 1. The monoisotopic (exact) mass is 395 g/mol. The molecule has 0 saturated heterocycles. The first-order chi connectivity index (χ1) is 14.1. The zero-order valence-corrected chi connectivity index (χ0v) is 17.4. The summed E-state index contributed by atoms with van der Waals surface area (Å²) in [7, 11) is 1.71. The number of hydrogen-bond donors (Lipinski definition) is 1. The van der Waals surface area contributed by atoms with Gasteiger partial charge in [0.2, 0.25) is 0 Å². The number of aryl methyl sites for hydroxylation is 1. The summed E-state index contributed by atoms with van der Waals surface area (Å²) in [5.41, 5.74) is 9.01. The van der Waals surface area contributed by atoms with Gasteiger partial charge in [-0.2, -0.15) is 0 Å². The van der Waals surface area contributed by atoms with E-state index in [1.54, 1.807) is 7.11 Å². The van der Waals surface area contributed by atoms with Crippen LogP contribution in [0.2, 0.25) is 0 Å². The number of aromatic nitrogens is 3. The summed E-state index contributed by atoms with van der Waals surface area (Å²) < 4.78 is 7.60. The summed E-state index contributed by atoms with van der Waals surface area (Å²) in [6.07, 6.45) is 4.95. The molecule has 1 atom stereocenters. The molecule has 3 aromatic rings. The van der Waals surface area contributed by atoms with Crippen molar-refractivity contribution >= 4 is 27.8 Å². The zero-order chi connectivity index (χ0) is 20.4. The Morgan fingerprint density at radius 1 is 1.17 bits per heavy atom. The fraction of sp³-hybridized carbons (Fsp3) is 0.455. The number of methoxy groups -OCH3 is 1. The van der Waals surface area contributed by atoms with Crippen molar-refractivity contribution in [1.82, 2.24) is 19.6 Å². The molecule has 2 aromatic heterocycles. The average Bonchev–Trinajstić information content (AvgIpc) is 3.23. The highest BCUT2D eigenvalue weighted by atomic mass is 16.7. The number of fused-ring (bicyclic) bond motifs is 3. The number of hydroxylamine groups is 2. The molecular formula is C22H29N5O2. The highest BCUT2D eigenvalue weighted by molar-refractivity contribution is 6.06. The van der Waals surface area contributed by atoms with Crippen molar-refractivity contribution in [2.24, 2.45) is 0 Å². The molecule has 1 aliphatic rings. The Hall–Kier alpha value is -2.64. The van der Waals surface area contributed by atoms with Gasteiger partial charge in [0.15, 0.2) is 5.82 Å². The van der Waals surface area contributed by atoms with Crippen LogP contribution in [-0.4, -0.2) is 45.9 Å². The summed E-state index contributed by atoms with van der Waals surface area (Å²) in [6.45, 7) is 6.56. The summed E-state index contributed by atoms with van der Waals surface area (Å²) in [6, 6.07) is 8.44. The normalized spacial score (nSPS) is 17.2. The smallest absolute Gasteiger partial charge is 0.152 e. The van der Waals surface area contributed by atoms with Gasteiger partial charge in [0, 0.05) is 32.0 Å². The van der Waals surface area contributed by atoms with Crippen LogP contribution in [0.3, 0.4) is 0 Å². The van der Waals surface area contributed by atoms with Gasteiger partial charge in [-0.15, -0.1) is 5.06 Å². The van der Waals surface area contributed by atoms with Crippen LogP contribution in [0, 0.1) is 0 Å². The molecule has 0 saturated carbocycles. The van der Waals surface area contributed by atoms with E-state index >= 15 is 0 Å². The SMILES string of the molecule is COCCc1nc2c(N)nc3ccccc3c2n1CCCCN1OC(C)=CC1C. The lowest BCUT2D eigenvalue weighted by atomic mass is 10.2. The maximum Gasteiger partial charge on any atom is 0.152 e. The summed E-state index contributed by atoms with van der Waals surface area (Å²) in [5, 5.41) is 3.13. The minimum atomic E-state index is 0.330. The molecule has 3 heterocycles. The van der Waals surface area contributed by atoms with E-state index < -0.39 is 0 Å². The van der Waals surface area contributed by atoms with Crippen molar-refractivity contribution in [3.05, 3.63) is 41.9 Å². The van der Waals surface area contributed by atoms with Crippen LogP contribution < -0.4 is 5.73 Å². The van der Waals surface area contributed by atoms with E-state index in [1.807, 2.05) is 30.2 Å². The Morgan fingerprint density at radius 2 is 1.97 bits per heavy atom. The number of nitrogens with zero attached hydrogens (tertiary/aromatic N) is 4. The number of allylic oxidation sites excluding steroid dienone is 1. The predicted molar refractivity (Wildman–Crippen MR) is 115 cm³/mol. The number of anilines is 1. The molecule has 29 heavy (non-hydrogen) atoms. The summed E-state index contributed by atoms with van der Waals surface area (Å²) in [5.74, 6) is 2.46. The molecule has 1 unspecified atom stereocenters. The Kier molecular flexibility index (Phi) is 5.69. The fourth-order valence-electron chi connectivity index (χ4n) is 4.04. The minimum absolute atomic E-state index is 0.330. The molecular weight excluding hydrogens is 366 g/mol. The van der Waals surface area contributed by atoms with Crippen LogP contribution in [0.5, 0.6) is 0 Å². The Morgan fingerprint density at radius 3 is 2.72 bits per heavy atom. The van der Waals surface area contributed by atoms with E-state index in [2.05, 4.69) is 28.6 Å². The van der Waals surface area contributed by atoms with Gasteiger partial charge in [0.25, 0.3) is 0 Å². The second kappa shape index (κ2) is 8.39. The van der Waals surface area contributed by atoms with E-state index in [0.29, 0.717) is 18.5 Å². The van der Waals surface area contributed by atoms with Gasteiger partial charge in [-0.25, -0.2) is 9.97 Å². The van der Waals surface area contributed by atoms with Crippen LogP contribution in [0.1, 0.15) is 32.5 Å². The molecule has 7 heteroatoms. The summed E-state index contributed by atoms with van der Waals surface area (Å²) >= 11 is 0. The molecule has 7 nitrogen and oxygen atoms in total. The minimum Gasteiger partial charge on any atom is -0.410 e. The van der Waals surface area contributed by atoms with Gasteiger partial charge in [-0.3, -0.25) is 0 Å². The van der Waals surface area contributed by atoms with Crippen molar-refractivity contribution in [1.29, 1.82) is 0 Å². The first-order valence-corrected chi connectivity index (χ1v) is 10.2. The Labute approximate surface area is 171 Å². The van der Waals surface area contributed by atoms with Gasteiger partial charge in [-0.1, -0.05) is 18.2 Å². The quantitative estimate of drug-likeness (QED) is 0.586. The van der Waals surface area contributed by atoms with E-state index in [-0.39, 0.29) is 0 Å². The van der Waals surface area contributed by atoms with E-state index in [1.165, 1.54) is 0 Å². The molecule has 0 bridgehead atoms. The molecule has 154 valence electrons. The van der Waals surface area contributed by atoms with Crippen molar-refractivity contribution < 1.29 is 9.57 Å². The molecule has 0 amide bonds. The number of nitrogens with two attached hydrogens (primary N) is 1. The number of para-hydroxylation sites is 1. The predicted octanol–water partition coefficient (Wildman–Crippen LogP) is 3.68. The van der Waals surface area contributed by atoms with Gasteiger partial charge >= 0.3 is 0 Å². The molecule has 4 rings (SSSR count). The summed E-state index contributed by atoms with van der Waals surface area (Å²) in [4.78, 5) is 15.1. The zero-order valence-electron chi connectivity index (χ0n) is 17.4. The van der Waals surface area contributed by atoms with Crippen LogP contribution in [0.4, 0.5) is 5.82 Å². The van der Waals surface area contributed by atoms with Crippen molar-refractivity contribution in [3.63, 3.8) is 0 Å². The third-order valence-electron chi connectivity index (χ3n) is 5.42. The largest absolute Gasteiger partial charge is 0.410 e. The number of pyridine rings is 1. The van der Waals surface area contributed by atoms with E-state index in [9.17, 15) is 0 Å². The lowest BCUT2D eigenvalue weighted by Crippen LogP contribution is -2.27. The second-order valence-corrected chi connectivity index (χ2v) is 7.59.